The van der Waals surface area contributed by atoms with Crippen molar-refractivity contribution in [3.63, 3.8) is 0 Å². The molecule has 27 heavy (non-hydrogen) atoms. The van der Waals surface area contributed by atoms with Crippen LogP contribution in [-0.4, -0.2) is 70.8 Å². The van der Waals surface area contributed by atoms with Crippen LogP contribution in [0.2, 0.25) is 5.02 Å². The van der Waals surface area contributed by atoms with Crippen molar-refractivity contribution in [3.05, 3.63) is 40.7 Å². The highest BCUT2D eigenvalue weighted by atomic mass is 35.5. The van der Waals surface area contributed by atoms with Crippen molar-refractivity contribution in [3.8, 4) is 11.5 Å². The van der Waals surface area contributed by atoms with Gasteiger partial charge in [-0.3, -0.25) is 14.5 Å². The van der Waals surface area contributed by atoms with Gasteiger partial charge in [-0.05, 0) is 19.1 Å². The Labute approximate surface area is 162 Å². The molecule has 1 aromatic carbocycles. The molecular formula is C19H21ClN4O3. The van der Waals surface area contributed by atoms with E-state index in [4.69, 9.17) is 16.0 Å². The zero-order valence-corrected chi connectivity index (χ0v) is 16.1. The minimum absolute atomic E-state index is 0.00655. The maximum absolute atomic E-state index is 12.5. The van der Waals surface area contributed by atoms with Crippen molar-refractivity contribution in [1.82, 2.24) is 19.7 Å². The second-order valence-electron chi connectivity index (χ2n) is 7.03. The number of hydrogen-bond donors (Lipinski definition) is 0. The minimum Gasteiger partial charge on any atom is -0.441 e. The molecular weight excluding hydrogens is 368 g/mol. The third-order valence-corrected chi connectivity index (χ3v) is 5.52. The van der Waals surface area contributed by atoms with Gasteiger partial charge in [0.2, 0.25) is 17.7 Å². The molecule has 7 nitrogen and oxygen atoms in total. The third-order valence-electron chi connectivity index (χ3n) is 5.19. The molecule has 1 unspecified atom stereocenters. The number of amides is 2. The Morgan fingerprint density at radius 2 is 2.04 bits per heavy atom. The number of likely N-dealkylation sites (N-methyl/N-ethyl adjacent to an activating group) is 1. The smallest absolute Gasteiger partial charge is 0.246 e. The van der Waals surface area contributed by atoms with E-state index in [1.165, 1.54) is 4.90 Å². The number of aryl methyl sites for hydroxylation is 1. The molecule has 2 aliphatic rings. The first-order valence-corrected chi connectivity index (χ1v) is 9.30. The Kier molecular flexibility index (Phi) is 4.65. The van der Waals surface area contributed by atoms with Crippen molar-refractivity contribution in [1.29, 1.82) is 0 Å². The molecule has 0 saturated carbocycles. The highest BCUT2D eigenvalue weighted by molar-refractivity contribution is 6.33. The van der Waals surface area contributed by atoms with Crippen molar-refractivity contribution in [2.24, 2.45) is 0 Å². The Bertz CT molecular complexity index is 897. The van der Waals surface area contributed by atoms with Gasteiger partial charge in [-0.2, -0.15) is 0 Å². The van der Waals surface area contributed by atoms with Gasteiger partial charge in [0.1, 0.15) is 11.8 Å². The fraction of sp³-hybridized carbons (Fsp3) is 0.421. The van der Waals surface area contributed by atoms with Gasteiger partial charge < -0.3 is 14.2 Å². The lowest BCUT2D eigenvalue weighted by atomic mass is 10.1. The normalized spacial score (nSPS) is 20.9. The van der Waals surface area contributed by atoms with E-state index in [-0.39, 0.29) is 18.4 Å². The van der Waals surface area contributed by atoms with Crippen molar-refractivity contribution < 1.29 is 14.0 Å². The van der Waals surface area contributed by atoms with Gasteiger partial charge in [0.25, 0.3) is 0 Å². The molecule has 1 atom stereocenters. The molecule has 0 aliphatic carbocycles. The van der Waals surface area contributed by atoms with Crippen LogP contribution in [0, 0.1) is 6.92 Å². The highest BCUT2D eigenvalue weighted by Crippen LogP contribution is 2.29. The Hall–Kier alpha value is -2.38. The third kappa shape index (κ3) is 3.33. The average molecular weight is 389 g/mol. The molecule has 2 fully saturated rings. The number of rotatable bonds is 3. The predicted octanol–water partition coefficient (Wildman–Crippen LogP) is 1.79. The summed E-state index contributed by atoms with van der Waals surface area (Å²) in [7, 11) is 1.67. The molecule has 2 saturated heterocycles. The molecule has 2 aliphatic heterocycles. The second-order valence-corrected chi connectivity index (χ2v) is 7.44. The van der Waals surface area contributed by atoms with E-state index >= 15 is 0 Å². The molecule has 142 valence electrons. The van der Waals surface area contributed by atoms with Crippen LogP contribution in [0.15, 0.2) is 28.7 Å². The summed E-state index contributed by atoms with van der Waals surface area (Å²) in [6, 6.07) is 7.01. The van der Waals surface area contributed by atoms with Crippen LogP contribution in [0.4, 0.5) is 0 Å². The topological polar surface area (TPSA) is 69.9 Å². The SMILES string of the molecule is Cc1oc(-c2ccccc2Cl)nc1CN1CCN2C(=O)CN(C)C(=O)C2C1. The van der Waals surface area contributed by atoms with Crippen molar-refractivity contribution >= 4 is 23.4 Å². The maximum atomic E-state index is 12.5. The quantitative estimate of drug-likeness (QED) is 0.801. The number of benzene rings is 1. The van der Waals surface area contributed by atoms with E-state index in [0.29, 0.717) is 37.1 Å². The lowest BCUT2D eigenvalue weighted by Gasteiger charge is -2.45. The summed E-state index contributed by atoms with van der Waals surface area (Å²) in [6.07, 6.45) is 0. The number of carbonyl (C=O) groups is 2. The maximum Gasteiger partial charge on any atom is 0.246 e. The second kappa shape index (κ2) is 6.98. The molecule has 0 bridgehead atoms. The summed E-state index contributed by atoms with van der Waals surface area (Å²) < 4.78 is 5.82. The zero-order chi connectivity index (χ0) is 19.1. The first-order chi connectivity index (χ1) is 12.9. The fourth-order valence-corrected chi connectivity index (χ4v) is 3.87. The Morgan fingerprint density at radius 1 is 1.26 bits per heavy atom. The molecule has 0 radical (unpaired) electrons. The van der Waals surface area contributed by atoms with Crippen LogP contribution in [0.1, 0.15) is 11.5 Å². The highest BCUT2D eigenvalue weighted by Gasteiger charge is 2.41. The first kappa shape index (κ1) is 18.0. The monoisotopic (exact) mass is 388 g/mol. The number of halogens is 1. The summed E-state index contributed by atoms with van der Waals surface area (Å²) in [5.74, 6) is 1.24. The Balaban J connectivity index is 1.51. The number of piperazine rings is 2. The lowest BCUT2D eigenvalue weighted by molar-refractivity contribution is -0.158. The molecule has 8 heteroatoms. The molecule has 0 spiro atoms. The summed E-state index contributed by atoms with van der Waals surface area (Å²) in [6.45, 7) is 4.36. The lowest BCUT2D eigenvalue weighted by Crippen LogP contribution is -2.65. The van der Waals surface area contributed by atoms with Gasteiger partial charge in [-0.1, -0.05) is 23.7 Å². The number of fused-ring (bicyclic) bond motifs is 1. The van der Waals surface area contributed by atoms with E-state index in [9.17, 15) is 9.59 Å². The van der Waals surface area contributed by atoms with E-state index in [1.54, 1.807) is 18.0 Å². The summed E-state index contributed by atoms with van der Waals surface area (Å²) in [5.41, 5.74) is 1.58. The van der Waals surface area contributed by atoms with Gasteiger partial charge in [-0.25, -0.2) is 4.98 Å². The van der Waals surface area contributed by atoms with Crippen molar-refractivity contribution in [2.45, 2.75) is 19.5 Å². The van der Waals surface area contributed by atoms with Gasteiger partial charge >= 0.3 is 0 Å². The van der Waals surface area contributed by atoms with Crippen LogP contribution in [-0.2, 0) is 16.1 Å². The summed E-state index contributed by atoms with van der Waals surface area (Å²) in [4.78, 5) is 34.6. The van der Waals surface area contributed by atoms with Crippen molar-refractivity contribution in [2.75, 3.05) is 33.2 Å². The molecule has 4 rings (SSSR count). The molecule has 2 aromatic rings. The number of carbonyl (C=O) groups excluding carboxylic acids is 2. The van der Waals surface area contributed by atoms with Gasteiger partial charge in [0.15, 0.2) is 0 Å². The van der Waals surface area contributed by atoms with Crippen LogP contribution in [0.5, 0.6) is 0 Å². The van der Waals surface area contributed by atoms with Crippen LogP contribution >= 0.6 is 11.6 Å². The first-order valence-electron chi connectivity index (χ1n) is 8.92. The minimum atomic E-state index is -0.416. The number of aromatic nitrogens is 1. The van der Waals surface area contributed by atoms with Gasteiger partial charge in [-0.15, -0.1) is 0 Å². The van der Waals surface area contributed by atoms with E-state index in [1.807, 2.05) is 25.1 Å². The standard InChI is InChI=1S/C19H21ClN4O3/c1-12-15(21-18(27-12)13-5-3-4-6-14(13)20)9-23-7-8-24-16(10-23)19(26)22(2)11-17(24)25/h3-6,16H,7-11H2,1-2H3. The fourth-order valence-electron chi connectivity index (χ4n) is 3.66. The van der Waals surface area contributed by atoms with Crippen LogP contribution in [0.3, 0.4) is 0 Å². The predicted molar refractivity (Wildman–Crippen MR) is 100 cm³/mol. The van der Waals surface area contributed by atoms with Gasteiger partial charge in [0, 0.05) is 33.2 Å². The summed E-state index contributed by atoms with van der Waals surface area (Å²) >= 11 is 6.24. The van der Waals surface area contributed by atoms with Crippen LogP contribution < -0.4 is 0 Å². The molecule has 3 heterocycles. The Morgan fingerprint density at radius 3 is 2.81 bits per heavy atom. The van der Waals surface area contributed by atoms with E-state index in [0.717, 1.165) is 17.0 Å². The summed E-state index contributed by atoms with van der Waals surface area (Å²) in [5, 5.41) is 0.591. The molecule has 1 aromatic heterocycles. The van der Waals surface area contributed by atoms with E-state index in [2.05, 4.69) is 9.88 Å². The average Bonchev–Trinajstić information content (AvgIpc) is 3.00. The number of hydrogen-bond acceptors (Lipinski definition) is 5. The molecule has 0 N–H and O–H groups in total. The van der Waals surface area contributed by atoms with Crippen LogP contribution in [0.25, 0.3) is 11.5 Å². The number of oxazole rings is 1. The van der Waals surface area contributed by atoms with Gasteiger partial charge in [0.05, 0.1) is 22.8 Å². The molecule has 2 amide bonds. The largest absolute Gasteiger partial charge is 0.441 e. The number of nitrogens with zero attached hydrogens (tertiary/aromatic N) is 4. The van der Waals surface area contributed by atoms with E-state index < -0.39 is 6.04 Å². The zero-order valence-electron chi connectivity index (χ0n) is 15.3.